The predicted molar refractivity (Wildman–Crippen MR) is 190 cm³/mol. The van der Waals surface area contributed by atoms with Crippen molar-refractivity contribution in [3.63, 3.8) is 0 Å². The van der Waals surface area contributed by atoms with Crippen LogP contribution in [0.1, 0.15) is 174 Å². The van der Waals surface area contributed by atoms with Crippen molar-refractivity contribution in [3.8, 4) is 0 Å². The maximum Gasteiger partial charge on any atom is 2.00 e. The second kappa shape index (κ2) is 18.8. The van der Waals surface area contributed by atoms with Crippen LogP contribution < -0.4 is 5.26 Å². The van der Waals surface area contributed by atoms with Crippen molar-refractivity contribution in [1.29, 1.82) is 0 Å². The minimum absolute atomic E-state index is 0. The Hall–Kier alpha value is -2.57. The van der Waals surface area contributed by atoms with E-state index in [1.165, 1.54) is 17.1 Å². The summed E-state index contributed by atoms with van der Waals surface area (Å²) in [5.74, 6) is 2.13. The van der Waals surface area contributed by atoms with E-state index in [0.717, 1.165) is 17.1 Å². The van der Waals surface area contributed by atoms with Gasteiger partial charge in [-0.15, -0.1) is 0 Å². The molecule has 47 heavy (non-hydrogen) atoms. The van der Waals surface area contributed by atoms with Gasteiger partial charge < -0.3 is 23.9 Å². The molecule has 4 aromatic heterocycles. The van der Waals surface area contributed by atoms with E-state index in [0.29, 0.717) is 35.5 Å². The van der Waals surface area contributed by atoms with E-state index >= 15 is 0 Å². The van der Waals surface area contributed by atoms with Crippen molar-refractivity contribution in [2.24, 2.45) is 0 Å². The van der Waals surface area contributed by atoms with Crippen molar-refractivity contribution in [2.45, 2.75) is 145 Å². The molecule has 4 heterocycles. The van der Waals surface area contributed by atoms with Gasteiger partial charge in [-0.2, -0.15) is 0 Å². The fourth-order valence-electron chi connectivity index (χ4n) is 4.97. The van der Waals surface area contributed by atoms with Crippen LogP contribution in [0, 0.1) is 0 Å². The molecule has 0 aromatic carbocycles. The monoisotopic (exact) mass is 739 g/mol. The molecule has 0 N–H and O–H groups in total. The van der Waals surface area contributed by atoms with Crippen molar-refractivity contribution in [2.75, 3.05) is 0 Å². The summed E-state index contributed by atoms with van der Waals surface area (Å²) in [4.78, 5) is 7.47. The number of rotatable bonds is 9. The van der Waals surface area contributed by atoms with Crippen LogP contribution in [0.4, 0.5) is 0 Å². The third-order valence-corrected chi connectivity index (χ3v) is 7.66. The summed E-state index contributed by atoms with van der Waals surface area (Å²) < 4.78 is 6.81. The first kappa shape index (κ1) is 42.4. The second-order valence-corrected chi connectivity index (χ2v) is 15.1. The zero-order valence-corrected chi connectivity index (χ0v) is 33.1. The maximum absolute atomic E-state index is 9.45. The van der Waals surface area contributed by atoms with Gasteiger partial charge in [0.25, 0.3) is 0 Å². The topological polar surface area (TPSA) is 98.6 Å². The quantitative estimate of drug-likeness (QED) is 0.0986. The smallest absolute Gasteiger partial charge is 0.723 e. The summed E-state index contributed by atoms with van der Waals surface area (Å²) in [7, 11) is -1.46. The van der Waals surface area contributed by atoms with Gasteiger partial charge in [-0.05, 0) is 86.6 Å². The Kier molecular flexibility index (Phi) is 17.0. The van der Waals surface area contributed by atoms with E-state index in [4.69, 9.17) is 15.3 Å². The Balaban J connectivity index is 0.000000714. The van der Waals surface area contributed by atoms with Crippen molar-refractivity contribution >= 4 is 7.12 Å². The molecule has 0 saturated heterocycles. The molecule has 0 fully saturated rings. The molecule has 0 unspecified atom stereocenters. The first-order valence-electron chi connectivity index (χ1n) is 17.0. The predicted octanol–water partition coefficient (Wildman–Crippen LogP) is 7.83. The van der Waals surface area contributed by atoms with E-state index in [1.54, 1.807) is 33.2 Å². The zero-order chi connectivity index (χ0) is 34.9. The van der Waals surface area contributed by atoms with Gasteiger partial charge in [0.2, 0.25) is 0 Å². The molecule has 0 spiro atoms. The van der Waals surface area contributed by atoms with Crippen LogP contribution >= 0.6 is 0 Å². The van der Waals surface area contributed by atoms with Crippen LogP contribution in [0.5, 0.6) is 0 Å². The summed E-state index contributed by atoms with van der Waals surface area (Å²) in [5, 5.41) is 25.1. The van der Waals surface area contributed by atoms with Gasteiger partial charge in [0.15, 0.2) is 0 Å². The summed E-state index contributed by atoms with van der Waals surface area (Å²) in [6.07, 6.45) is 3.50. The van der Waals surface area contributed by atoms with Gasteiger partial charge in [-0.1, -0.05) is 89.2 Å². The van der Waals surface area contributed by atoms with Gasteiger partial charge in [-0.3, -0.25) is 4.98 Å². The molecule has 4 rings (SSSR count). The van der Waals surface area contributed by atoms with Gasteiger partial charge in [0.05, 0.1) is 17.1 Å². The van der Waals surface area contributed by atoms with Gasteiger partial charge >= 0.3 is 27.5 Å². The van der Waals surface area contributed by atoms with Crippen LogP contribution in [-0.4, -0.2) is 46.8 Å². The molecule has 0 aliphatic carbocycles. The largest absolute Gasteiger partial charge is 2.00 e. The number of pyridine rings is 1. The van der Waals surface area contributed by atoms with Gasteiger partial charge in [-0.25, -0.2) is 15.3 Å². The number of hydrogen-bond acceptors (Lipinski definition) is 6. The second-order valence-electron chi connectivity index (χ2n) is 15.1. The number of nitrogens with zero attached hydrogens (tertiary/aromatic N) is 7. The van der Waals surface area contributed by atoms with Gasteiger partial charge in [0.1, 0.15) is 0 Å². The Morgan fingerprint density at radius 3 is 0.979 bits per heavy atom. The van der Waals surface area contributed by atoms with E-state index in [1.807, 2.05) is 18.2 Å². The standard InChI is InChI=1S/C27H46BN6.C5H5N.C4H10O2.Pd/c1-16(2)22-13-25(19(7)8)32(29-22)28(33-26(20(9)10)14-23(30-33)17(3)4)34-27(21(11)12)15-24(31-34)18(5)6;1-2-4-6-5-3-1;1-4(2,3)6-5;/h13-21,28H,1-12H3;1-5H;5H,1-3H3;/q-1;;;+2/p-1. The number of hydrogen-bond donors (Lipinski definition) is 0. The SMILES string of the molecule is CC(C)(C)O[O-].CC(C)c1cc(C(C)C)n([BH-](n2nc(C(C)C)cc2C(C)C)n2nc(C(C)C)cc2C(C)C)n1.[Pd+2].c1ccncc1. The average molecular weight is 740 g/mol. The Bertz CT molecular complexity index is 1290. The molecule has 0 saturated carbocycles. The first-order chi connectivity index (χ1) is 21.4. The van der Waals surface area contributed by atoms with Crippen molar-refractivity contribution in [3.05, 3.63) is 83.0 Å². The molecular formula is C36H60BN7O2Pd. The average Bonchev–Trinajstić information content (AvgIpc) is 3.73. The normalized spacial score (nSPS) is 11.8. The van der Waals surface area contributed by atoms with Gasteiger partial charge in [0, 0.05) is 35.1 Å². The summed E-state index contributed by atoms with van der Waals surface area (Å²) >= 11 is 0. The summed E-state index contributed by atoms with van der Waals surface area (Å²) in [6.45, 7) is 32.0. The van der Waals surface area contributed by atoms with E-state index in [9.17, 15) is 5.26 Å². The van der Waals surface area contributed by atoms with Crippen LogP contribution in [0.3, 0.4) is 0 Å². The molecular weight excluding hydrogens is 680 g/mol. The van der Waals surface area contributed by atoms with Crippen LogP contribution in [0.2, 0.25) is 0 Å². The van der Waals surface area contributed by atoms with Crippen molar-refractivity contribution in [1.82, 2.24) is 34.1 Å². The molecule has 0 radical (unpaired) electrons. The molecule has 0 bridgehead atoms. The van der Waals surface area contributed by atoms with E-state index in [-0.39, 0.29) is 20.4 Å². The Morgan fingerprint density at radius 2 is 0.830 bits per heavy atom. The van der Waals surface area contributed by atoms with E-state index < -0.39 is 12.7 Å². The first-order valence-corrected chi connectivity index (χ1v) is 17.0. The van der Waals surface area contributed by atoms with Crippen LogP contribution in [-0.2, 0) is 25.3 Å². The fourth-order valence-corrected chi connectivity index (χ4v) is 4.97. The molecule has 9 nitrogen and oxygen atoms in total. The minimum Gasteiger partial charge on any atom is -0.723 e. The molecule has 0 amide bonds. The fraction of sp³-hybridized carbons (Fsp3) is 0.611. The Morgan fingerprint density at radius 1 is 0.553 bits per heavy atom. The molecule has 11 heteroatoms. The van der Waals surface area contributed by atoms with Crippen molar-refractivity contribution < 1.29 is 30.6 Å². The molecule has 0 aliphatic heterocycles. The molecule has 264 valence electrons. The third-order valence-electron chi connectivity index (χ3n) is 7.66. The molecule has 0 atom stereocenters. The zero-order valence-electron chi connectivity index (χ0n) is 31.6. The Labute approximate surface area is 298 Å². The third kappa shape index (κ3) is 12.1. The number of aromatic nitrogens is 7. The maximum atomic E-state index is 9.45. The van der Waals surface area contributed by atoms with E-state index in [2.05, 4.69) is 125 Å². The summed E-state index contributed by atoms with van der Waals surface area (Å²) in [5.41, 5.74) is 6.62. The summed E-state index contributed by atoms with van der Waals surface area (Å²) in [6, 6.07) is 12.6. The molecule has 0 aliphatic rings. The molecule has 4 aromatic rings. The van der Waals surface area contributed by atoms with Crippen LogP contribution in [0.15, 0.2) is 48.8 Å². The van der Waals surface area contributed by atoms with Crippen LogP contribution in [0.25, 0.3) is 0 Å². The minimum atomic E-state index is -1.46.